The molecule has 0 amide bonds. The number of hydrogen-bond donors (Lipinski definition) is 1. The maximum atomic E-state index is 13.0. The highest BCUT2D eigenvalue weighted by atomic mass is 19.4. The number of nitrogens with zero attached hydrogens (tertiary/aromatic N) is 3. The Kier molecular flexibility index (Phi) is 5.19. The number of nitrogen functional groups attached to an aromatic ring is 1. The van der Waals surface area contributed by atoms with Gasteiger partial charge in [0.1, 0.15) is 11.4 Å². The van der Waals surface area contributed by atoms with E-state index >= 15 is 0 Å². The number of ether oxygens (including phenoxy) is 1. The van der Waals surface area contributed by atoms with Crippen LogP contribution < -0.4 is 10.5 Å². The summed E-state index contributed by atoms with van der Waals surface area (Å²) in [5.74, 6) is 1.20. The molecule has 1 aromatic carbocycles. The van der Waals surface area contributed by atoms with Crippen molar-refractivity contribution in [2.75, 3.05) is 12.8 Å². The minimum absolute atomic E-state index is 0.141. The zero-order valence-electron chi connectivity index (χ0n) is 17.7. The van der Waals surface area contributed by atoms with E-state index in [1.807, 2.05) is 42.8 Å². The Bertz CT molecular complexity index is 1090. The summed E-state index contributed by atoms with van der Waals surface area (Å²) in [6.45, 7) is 4.06. The van der Waals surface area contributed by atoms with E-state index in [-0.39, 0.29) is 6.04 Å². The molecule has 2 heterocycles. The van der Waals surface area contributed by atoms with Crippen LogP contribution in [0.15, 0.2) is 42.7 Å². The lowest BCUT2D eigenvalue weighted by Gasteiger charge is -2.29. The van der Waals surface area contributed by atoms with Gasteiger partial charge in [-0.05, 0) is 68.0 Å². The summed E-state index contributed by atoms with van der Waals surface area (Å²) >= 11 is 0. The second-order valence-electron chi connectivity index (χ2n) is 8.32. The van der Waals surface area contributed by atoms with Crippen molar-refractivity contribution in [3.05, 3.63) is 70.8 Å². The van der Waals surface area contributed by atoms with E-state index in [0.29, 0.717) is 17.9 Å². The third kappa shape index (κ3) is 3.75. The first-order chi connectivity index (χ1) is 14.6. The Balaban J connectivity index is 1.81. The van der Waals surface area contributed by atoms with Gasteiger partial charge in [-0.2, -0.15) is 13.2 Å². The molecule has 0 spiro atoms. The van der Waals surface area contributed by atoms with Crippen LogP contribution in [-0.4, -0.2) is 21.6 Å². The molecule has 1 aliphatic carbocycles. The van der Waals surface area contributed by atoms with E-state index in [1.165, 1.54) is 12.3 Å². The molecule has 3 aromatic rings. The fourth-order valence-corrected chi connectivity index (χ4v) is 4.49. The Hall–Kier alpha value is -3.03. The number of aryl methyl sites for hydroxylation is 1. The van der Waals surface area contributed by atoms with Crippen LogP contribution in [0, 0.1) is 0 Å². The fourth-order valence-electron chi connectivity index (χ4n) is 4.49. The van der Waals surface area contributed by atoms with E-state index in [2.05, 4.69) is 9.97 Å². The van der Waals surface area contributed by atoms with Gasteiger partial charge in [0.2, 0.25) is 5.95 Å². The predicted octanol–water partition coefficient (Wildman–Crippen LogP) is 4.94. The normalized spacial score (nSPS) is 18.4. The maximum absolute atomic E-state index is 13.0. The van der Waals surface area contributed by atoms with Gasteiger partial charge in [0.15, 0.2) is 0 Å². The molecule has 0 saturated heterocycles. The monoisotopic (exact) mass is 430 g/mol. The summed E-state index contributed by atoms with van der Waals surface area (Å²) in [5, 5.41) is 0. The number of hydrogen-bond acceptors (Lipinski definition) is 4. The van der Waals surface area contributed by atoms with Gasteiger partial charge in [-0.25, -0.2) is 4.98 Å². The van der Waals surface area contributed by atoms with Crippen LogP contribution in [0.4, 0.5) is 19.1 Å². The molecular formula is C23H25F3N4O. The van der Waals surface area contributed by atoms with Crippen molar-refractivity contribution < 1.29 is 17.9 Å². The highest BCUT2D eigenvalue weighted by molar-refractivity contribution is 5.51. The zero-order chi connectivity index (χ0) is 22.4. The lowest BCUT2D eigenvalue weighted by Crippen LogP contribution is -2.28. The average Bonchev–Trinajstić information content (AvgIpc) is 3.29. The molecule has 5 nitrogen and oxygen atoms in total. The molecule has 4 rings (SSSR count). The Morgan fingerprint density at radius 1 is 1.23 bits per heavy atom. The number of benzene rings is 1. The van der Waals surface area contributed by atoms with Crippen molar-refractivity contribution >= 4 is 5.95 Å². The molecule has 0 saturated carbocycles. The van der Waals surface area contributed by atoms with Crippen molar-refractivity contribution in [2.45, 2.75) is 50.7 Å². The van der Waals surface area contributed by atoms with Crippen LogP contribution in [0.2, 0.25) is 0 Å². The van der Waals surface area contributed by atoms with Crippen LogP contribution in [-0.2, 0) is 24.4 Å². The fraction of sp³-hybridized carbons (Fsp3) is 0.391. The van der Waals surface area contributed by atoms with Crippen LogP contribution in [0.5, 0.6) is 5.75 Å². The number of pyridine rings is 1. The van der Waals surface area contributed by atoms with Gasteiger partial charge in [-0.1, -0.05) is 12.1 Å². The second-order valence-corrected chi connectivity index (χ2v) is 8.32. The zero-order valence-corrected chi connectivity index (χ0v) is 17.7. The van der Waals surface area contributed by atoms with Gasteiger partial charge >= 0.3 is 6.18 Å². The lowest BCUT2D eigenvalue weighted by atomic mass is 9.74. The van der Waals surface area contributed by atoms with Crippen LogP contribution >= 0.6 is 0 Å². The van der Waals surface area contributed by atoms with Gasteiger partial charge in [-0.15, -0.1) is 0 Å². The average molecular weight is 430 g/mol. The first kappa shape index (κ1) is 21.2. The number of aromatic nitrogens is 3. The number of imidazole rings is 1. The Morgan fingerprint density at radius 3 is 2.58 bits per heavy atom. The molecule has 2 aromatic heterocycles. The maximum Gasteiger partial charge on any atom is 0.433 e. The molecule has 2 N–H and O–H groups in total. The molecule has 31 heavy (non-hydrogen) atoms. The topological polar surface area (TPSA) is 66.0 Å². The molecule has 0 radical (unpaired) electrons. The minimum Gasteiger partial charge on any atom is -0.497 e. The van der Waals surface area contributed by atoms with E-state index in [0.717, 1.165) is 41.5 Å². The molecule has 0 aliphatic heterocycles. The number of anilines is 1. The third-order valence-corrected chi connectivity index (χ3v) is 6.08. The highest BCUT2D eigenvalue weighted by Gasteiger charge is 2.43. The van der Waals surface area contributed by atoms with Gasteiger partial charge in [0, 0.05) is 23.9 Å². The SMILES string of the molecule is COc1ccc2c(c1)CCC2(Cc1ccc(C(F)(F)F)nc1)c1cn(C(C)C)c(N)n1. The van der Waals surface area contributed by atoms with E-state index < -0.39 is 17.3 Å². The molecule has 1 atom stereocenters. The van der Waals surface area contributed by atoms with E-state index in [1.54, 1.807) is 7.11 Å². The van der Waals surface area contributed by atoms with E-state index in [4.69, 9.17) is 10.5 Å². The van der Waals surface area contributed by atoms with Gasteiger partial charge in [0.25, 0.3) is 0 Å². The summed E-state index contributed by atoms with van der Waals surface area (Å²) < 4.78 is 46.2. The van der Waals surface area contributed by atoms with Crippen molar-refractivity contribution in [1.29, 1.82) is 0 Å². The van der Waals surface area contributed by atoms with Crippen LogP contribution in [0.25, 0.3) is 0 Å². The number of halogens is 3. The van der Waals surface area contributed by atoms with Crippen molar-refractivity contribution in [1.82, 2.24) is 14.5 Å². The Morgan fingerprint density at radius 2 is 2.00 bits per heavy atom. The molecule has 8 heteroatoms. The summed E-state index contributed by atoms with van der Waals surface area (Å²) in [6.07, 6.45) is 0.884. The number of nitrogens with two attached hydrogens (primary N) is 1. The predicted molar refractivity (Wildman–Crippen MR) is 112 cm³/mol. The molecule has 0 bridgehead atoms. The first-order valence-corrected chi connectivity index (χ1v) is 10.2. The van der Waals surface area contributed by atoms with Crippen molar-refractivity contribution in [2.24, 2.45) is 0 Å². The van der Waals surface area contributed by atoms with Crippen LogP contribution in [0.3, 0.4) is 0 Å². The summed E-state index contributed by atoms with van der Waals surface area (Å²) in [4.78, 5) is 8.35. The van der Waals surface area contributed by atoms with E-state index in [9.17, 15) is 13.2 Å². The van der Waals surface area contributed by atoms with Gasteiger partial charge in [0.05, 0.1) is 12.8 Å². The summed E-state index contributed by atoms with van der Waals surface area (Å²) in [5.41, 5.74) is 8.58. The number of rotatable bonds is 5. The molecular weight excluding hydrogens is 405 g/mol. The largest absolute Gasteiger partial charge is 0.497 e. The number of alkyl halides is 3. The lowest BCUT2D eigenvalue weighted by molar-refractivity contribution is -0.141. The van der Waals surface area contributed by atoms with Gasteiger partial charge in [-0.3, -0.25) is 4.98 Å². The number of fused-ring (bicyclic) bond motifs is 1. The highest BCUT2D eigenvalue weighted by Crippen LogP contribution is 2.47. The first-order valence-electron chi connectivity index (χ1n) is 10.2. The van der Waals surface area contributed by atoms with Crippen LogP contribution in [0.1, 0.15) is 54.4 Å². The summed E-state index contributed by atoms with van der Waals surface area (Å²) in [7, 11) is 1.63. The van der Waals surface area contributed by atoms with Gasteiger partial charge < -0.3 is 15.0 Å². The van der Waals surface area contributed by atoms with Crippen molar-refractivity contribution in [3.8, 4) is 5.75 Å². The Labute approximate surface area is 179 Å². The standard InChI is InChI=1S/C23H25F3N4O/c1-14(2)30-13-20(29-21(30)27)22(9-8-16-10-17(31-3)5-6-18(16)22)11-15-4-7-19(28-12-15)23(24,25)26/h4-7,10,12-14H,8-9,11H2,1-3H3,(H2,27,29). The molecule has 1 aliphatic rings. The summed E-state index contributed by atoms with van der Waals surface area (Å²) in [6, 6.07) is 8.64. The third-order valence-electron chi connectivity index (χ3n) is 6.08. The number of methoxy groups -OCH3 is 1. The minimum atomic E-state index is -4.46. The quantitative estimate of drug-likeness (QED) is 0.622. The molecule has 1 unspecified atom stereocenters. The molecule has 0 fully saturated rings. The second kappa shape index (κ2) is 7.59. The smallest absolute Gasteiger partial charge is 0.433 e. The van der Waals surface area contributed by atoms with Crippen molar-refractivity contribution in [3.63, 3.8) is 0 Å². The molecule has 164 valence electrons.